The maximum absolute atomic E-state index is 12.5. The van der Waals surface area contributed by atoms with Gasteiger partial charge in [0.2, 0.25) is 4.96 Å². The normalized spacial score (nSPS) is 11.0. The van der Waals surface area contributed by atoms with Crippen LogP contribution in [0, 0.1) is 13.8 Å². The molecule has 0 radical (unpaired) electrons. The highest BCUT2D eigenvalue weighted by molar-refractivity contribution is 7.19. The van der Waals surface area contributed by atoms with Crippen molar-refractivity contribution in [2.75, 3.05) is 11.9 Å². The molecule has 1 amide bonds. The zero-order chi connectivity index (χ0) is 19.7. The molecule has 0 aliphatic carbocycles. The SMILES string of the molecule is CCOc1ccc(C(=O)Nc2ccc(-c3nn4c(C)nnc4s3)cc2C)cc1. The number of benzene rings is 2. The Morgan fingerprint density at radius 2 is 1.93 bits per heavy atom. The van der Waals surface area contributed by atoms with Gasteiger partial charge in [0.25, 0.3) is 5.91 Å². The first-order chi connectivity index (χ1) is 13.5. The van der Waals surface area contributed by atoms with Crippen molar-refractivity contribution in [1.29, 1.82) is 0 Å². The predicted molar refractivity (Wildman–Crippen MR) is 109 cm³/mol. The average molecular weight is 393 g/mol. The van der Waals surface area contributed by atoms with E-state index in [1.54, 1.807) is 28.8 Å². The number of aryl methyl sites for hydroxylation is 2. The monoisotopic (exact) mass is 393 g/mol. The third-order valence-corrected chi connectivity index (χ3v) is 5.24. The molecule has 0 unspecified atom stereocenters. The molecule has 0 saturated heterocycles. The summed E-state index contributed by atoms with van der Waals surface area (Å²) in [5.74, 6) is 1.35. The highest BCUT2D eigenvalue weighted by Gasteiger charge is 2.13. The highest BCUT2D eigenvalue weighted by atomic mass is 32.1. The lowest BCUT2D eigenvalue weighted by molar-refractivity contribution is 0.102. The summed E-state index contributed by atoms with van der Waals surface area (Å²) < 4.78 is 7.14. The summed E-state index contributed by atoms with van der Waals surface area (Å²) in [7, 11) is 0. The molecule has 0 aliphatic heterocycles. The summed E-state index contributed by atoms with van der Waals surface area (Å²) >= 11 is 1.48. The van der Waals surface area contributed by atoms with Gasteiger partial charge >= 0.3 is 0 Å². The van der Waals surface area contributed by atoms with Crippen LogP contribution in [0.3, 0.4) is 0 Å². The van der Waals surface area contributed by atoms with E-state index >= 15 is 0 Å². The fourth-order valence-corrected chi connectivity index (χ4v) is 3.71. The first kappa shape index (κ1) is 18.1. The fraction of sp³-hybridized carbons (Fsp3) is 0.200. The van der Waals surface area contributed by atoms with Crippen LogP contribution in [0.15, 0.2) is 42.5 Å². The number of aromatic nitrogens is 4. The number of nitrogens with zero attached hydrogens (tertiary/aromatic N) is 4. The topological polar surface area (TPSA) is 81.4 Å². The van der Waals surface area contributed by atoms with Gasteiger partial charge in [-0.2, -0.15) is 9.61 Å². The van der Waals surface area contributed by atoms with Crippen molar-refractivity contribution in [3.05, 3.63) is 59.4 Å². The largest absolute Gasteiger partial charge is 0.494 e. The first-order valence-electron chi connectivity index (χ1n) is 8.89. The van der Waals surface area contributed by atoms with E-state index in [2.05, 4.69) is 20.6 Å². The van der Waals surface area contributed by atoms with Gasteiger partial charge in [0.05, 0.1) is 6.61 Å². The van der Waals surface area contributed by atoms with Crippen molar-refractivity contribution in [1.82, 2.24) is 19.8 Å². The van der Waals surface area contributed by atoms with Gasteiger partial charge in [-0.05, 0) is 68.8 Å². The minimum absolute atomic E-state index is 0.159. The Balaban J connectivity index is 1.53. The second kappa shape index (κ2) is 7.40. The van der Waals surface area contributed by atoms with Crippen molar-refractivity contribution in [3.8, 4) is 16.3 Å². The summed E-state index contributed by atoms with van der Waals surface area (Å²) in [6.07, 6.45) is 0. The van der Waals surface area contributed by atoms with Crippen molar-refractivity contribution in [3.63, 3.8) is 0 Å². The van der Waals surface area contributed by atoms with E-state index in [1.807, 2.05) is 39.0 Å². The Labute approximate surface area is 166 Å². The van der Waals surface area contributed by atoms with Crippen molar-refractivity contribution < 1.29 is 9.53 Å². The van der Waals surface area contributed by atoms with Gasteiger partial charge in [0.1, 0.15) is 10.8 Å². The maximum atomic E-state index is 12.5. The van der Waals surface area contributed by atoms with Gasteiger partial charge in [0.15, 0.2) is 5.82 Å². The van der Waals surface area contributed by atoms with E-state index in [0.29, 0.717) is 12.2 Å². The van der Waals surface area contributed by atoms with Crippen LogP contribution >= 0.6 is 11.3 Å². The molecule has 0 fully saturated rings. The molecule has 4 rings (SSSR count). The van der Waals surface area contributed by atoms with Crippen LogP contribution in [-0.4, -0.2) is 32.3 Å². The van der Waals surface area contributed by atoms with E-state index < -0.39 is 0 Å². The Hall–Kier alpha value is -3.26. The van der Waals surface area contributed by atoms with Gasteiger partial charge in [-0.1, -0.05) is 11.3 Å². The summed E-state index contributed by atoms with van der Waals surface area (Å²) in [6, 6.07) is 13.0. The summed E-state index contributed by atoms with van der Waals surface area (Å²) in [5.41, 5.74) is 3.28. The van der Waals surface area contributed by atoms with Crippen LogP contribution in [0.25, 0.3) is 15.5 Å². The molecule has 0 saturated carbocycles. The Morgan fingerprint density at radius 1 is 1.14 bits per heavy atom. The number of fused-ring (bicyclic) bond motifs is 1. The molecule has 4 aromatic rings. The van der Waals surface area contributed by atoms with E-state index in [-0.39, 0.29) is 5.91 Å². The second-order valence-electron chi connectivity index (χ2n) is 6.29. The van der Waals surface area contributed by atoms with Gasteiger partial charge in [0, 0.05) is 16.8 Å². The third kappa shape index (κ3) is 3.46. The standard InChI is InChI=1S/C20H19N5O2S/c1-4-27-16-8-5-14(6-9-16)18(26)21-17-10-7-15(11-12(17)2)19-24-25-13(3)22-23-20(25)28-19/h5-11H,4H2,1-3H3,(H,21,26). The number of ether oxygens (including phenoxy) is 1. The van der Waals surface area contributed by atoms with E-state index in [1.165, 1.54) is 11.3 Å². The minimum atomic E-state index is -0.159. The van der Waals surface area contributed by atoms with Gasteiger partial charge in [-0.15, -0.1) is 10.2 Å². The van der Waals surface area contributed by atoms with E-state index in [0.717, 1.165) is 38.4 Å². The average Bonchev–Trinajstić information content (AvgIpc) is 3.26. The third-order valence-electron chi connectivity index (χ3n) is 4.30. The molecule has 2 aromatic heterocycles. The highest BCUT2D eigenvalue weighted by Crippen LogP contribution is 2.29. The lowest BCUT2D eigenvalue weighted by atomic mass is 10.1. The molecule has 0 bridgehead atoms. The number of nitrogens with one attached hydrogen (secondary N) is 1. The van der Waals surface area contributed by atoms with E-state index in [4.69, 9.17) is 4.74 Å². The number of carbonyl (C=O) groups excluding carboxylic acids is 1. The molecular formula is C20H19N5O2S. The zero-order valence-electron chi connectivity index (χ0n) is 15.8. The van der Waals surface area contributed by atoms with Gasteiger partial charge in [-0.25, -0.2) is 0 Å². The van der Waals surface area contributed by atoms with Crippen LogP contribution < -0.4 is 10.1 Å². The van der Waals surface area contributed by atoms with Crippen LogP contribution in [0.5, 0.6) is 5.75 Å². The summed E-state index contributed by atoms with van der Waals surface area (Å²) in [6.45, 7) is 6.35. The van der Waals surface area contributed by atoms with Crippen LogP contribution in [0.4, 0.5) is 5.69 Å². The van der Waals surface area contributed by atoms with E-state index in [9.17, 15) is 4.79 Å². The van der Waals surface area contributed by atoms with Crippen molar-refractivity contribution >= 4 is 27.9 Å². The molecule has 0 atom stereocenters. The number of carbonyl (C=O) groups is 1. The molecule has 7 nitrogen and oxygen atoms in total. The molecular weight excluding hydrogens is 374 g/mol. The molecule has 1 N–H and O–H groups in total. The summed E-state index contributed by atoms with van der Waals surface area (Å²) in [4.78, 5) is 13.3. The summed E-state index contributed by atoms with van der Waals surface area (Å²) in [5, 5.41) is 16.5. The molecule has 0 spiro atoms. The Morgan fingerprint density at radius 3 is 2.61 bits per heavy atom. The second-order valence-corrected chi connectivity index (χ2v) is 7.25. The number of rotatable bonds is 5. The zero-order valence-corrected chi connectivity index (χ0v) is 16.6. The predicted octanol–water partition coefficient (Wildman–Crippen LogP) is 4.12. The van der Waals surface area contributed by atoms with Crippen LogP contribution in [-0.2, 0) is 0 Å². The van der Waals surface area contributed by atoms with Gasteiger partial charge in [-0.3, -0.25) is 4.79 Å². The fourth-order valence-electron chi connectivity index (χ4n) is 2.83. The van der Waals surface area contributed by atoms with Crippen molar-refractivity contribution in [2.45, 2.75) is 20.8 Å². The Bertz CT molecular complexity index is 1150. The number of hydrogen-bond acceptors (Lipinski definition) is 6. The first-order valence-corrected chi connectivity index (χ1v) is 9.71. The smallest absolute Gasteiger partial charge is 0.255 e. The molecule has 0 aliphatic rings. The lowest BCUT2D eigenvalue weighted by Gasteiger charge is -2.10. The van der Waals surface area contributed by atoms with Gasteiger partial charge < -0.3 is 10.1 Å². The lowest BCUT2D eigenvalue weighted by Crippen LogP contribution is -2.12. The van der Waals surface area contributed by atoms with Crippen molar-refractivity contribution in [2.24, 2.45) is 0 Å². The number of hydrogen-bond donors (Lipinski definition) is 1. The molecule has 2 aromatic carbocycles. The Kier molecular flexibility index (Phi) is 4.79. The van der Waals surface area contributed by atoms with Crippen LogP contribution in [0.1, 0.15) is 28.7 Å². The number of amides is 1. The molecule has 2 heterocycles. The number of anilines is 1. The quantitative estimate of drug-likeness (QED) is 0.552. The van der Waals surface area contributed by atoms with Crippen LogP contribution in [0.2, 0.25) is 0 Å². The minimum Gasteiger partial charge on any atom is -0.494 e. The molecule has 142 valence electrons. The maximum Gasteiger partial charge on any atom is 0.255 e. The molecule has 8 heteroatoms. The molecule has 28 heavy (non-hydrogen) atoms.